The van der Waals surface area contributed by atoms with Gasteiger partial charge in [0.1, 0.15) is 11.5 Å². The van der Waals surface area contributed by atoms with Crippen molar-refractivity contribution in [3.05, 3.63) is 47.3 Å². The fourth-order valence-corrected chi connectivity index (χ4v) is 2.02. The number of hydrogen-bond donors (Lipinski definition) is 1. The van der Waals surface area contributed by atoms with Crippen molar-refractivity contribution in [2.24, 2.45) is 0 Å². The lowest BCUT2D eigenvalue weighted by molar-refractivity contribution is -0.0498. The first-order valence-corrected chi connectivity index (χ1v) is 6.90. The van der Waals surface area contributed by atoms with Crippen LogP contribution in [0.25, 0.3) is 0 Å². The van der Waals surface area contributed by atoms with E-state index in [4.69, 9.17) is 4.52 Å². The highest BCUT2D eigenvalue weighted by atomic mass is 19.3. The van der Waals surface area contributed by atoms with Crippen molar-refractivity contribution in [1.82, 2.24) is 10.5 Å². The molecule has 1 aromatic carbocycles. The van der Waals surface area contributed by atoms with Crippen LogP contribution in [0.5, 0.6) is 5.75 Å². The summed E-state index contributed by atoms with van der Waals surface area (Å²) in [5.74, 6) is 0.897. The van der Waals surface area contributed by atoms with E-state index in [-0.39, 0.29) is 23.9 Å². The van der Waals surface area contributed by atoms with E-state index in [1.54, 1.807) is 18.2 Å². The Bertz CT molecular complexity index is 651. The van der Waals surface area contributed by atoms with Gasteiger partial charge in [-0.05, 0) is 30.5 Å². The fraction of sp³-hybridized carbons (Fsp3) is 0.333. The minimum atomic E-state index is -2.85. The third-order valence-electron chi connectivity index (χ3n) is 3.34. The molecule has 0 unspecified atom stereocenters. The van der Waals surface area contributed by atoms with Gasteiger partial charge in [-0.25, -0.2) is 0 Å². The lowest BCUT2D eigenvalue weighted by Crippen LogP contribution is -2.23. The van der Waals surface area contributed by atoms with E-state index in [1.165, 1.54) is 12.1 Å². The molecule has 0 bridgehead atoms. The number of benzene rings is 1. The van der Waals surface area contributed by atoms with Crippen LogP contribution < -0.4 is 10.1 Å². The number of alkyl halides is 2. The molecule has 0 spiro atoms. The monoisotopic (exact) mass is 308 g/mol. The molecule has 1 heterocycles. The molecular formula is C15H14F2N2O3. The van der Waals surface area contributed by atoms with Gasteiger partial charge in [0.2, 0.25) is 0 Å². The van der Waals surface area contributed by atoms with E-state index in [9.17, 15) is 13.6 Å². The Kier molecular flexibility index (Phi) is 4.04. The average Bonchev–Trinajstić information content (AvgIpc) is 3.23. The van der Waals surface area contributed by atoms with Crippen molar-refractivity contribution in [2.75, 3.05) is 0 Å². The highest BCUT2D eigenvalue weighted by molar-refractivity contribution is 5.92. The molecular weight excluding hydrogens is 294 g/mol. The molecule has 116 valence electrons. The Hall–Kier alpha value is -2.44. The molecule has 0 saturated heterocycles. The second-order valence-corrected chi connectivity index (χ2v) is 5.09. The van der Waals surface area contributed by atoms with Crippen LogP contribution in [0.4, 0.5) is 8.78 Å². The molecule has 5 nitrogen and oxygen atoms in total. The first-order valence-electron chi connectivity index (χ1n) is 6.90. The van der Waals surface area contributed by atoms with Gasteiger partial charge in [0.05, 0.1) is 0 Å². The molecule has 7 heteroatoms. The smallest absolute Gasteiger partial charge is 0.387 e. The predicted octanol–water partition coefficient (Wildman–Crippen LogP) is 3.08. The van der Waals surface area contributed by atoms with E-state index >= 15 is 0 Å². The van der Waals surface area contributed by atoms with Crippen LogP contribution >= 0.6 is 0 Å². The lowest BCUT2D eigenvalue weighted by atomic mass is 10.2. The summed E-state index contributed by atoms with van der Waals surface area (Å²) in [6, 6.07) is 7.73. The Morgan fingerprint density at radius 3 is 2.73 bits per heavy atom. The number of rotatable bonds is 6. The zero-order valence-corrected chi connectivity index (χ0v) is 11.6. The maximum Gasteiger partial charge on any atom is 0.387 e. The van der Waals surface area contributed by atoms with Crippen LogP contribution in [0.15, 0.2) is 34.9 Å². The molecule has 1 saturated carbocycles. The maximum atomic E-state index is 12.0. The van der Waals surface area contributed by atoms with E-state index in [2.05, 4.69) is 15.2 Å². The summed E-state index contributed by atoms with van der Waals surface area (Å²) in [6.07, 6.45) is 2.15. The topological polar surface area (TPSA) is 64.4 Å². The number of carbonyl (C=O) groups is 1. The second kappa shape index (κ2) is 6.13. The first-order chi connectivity index (χ1) is 10.6. The quantitative estimate of drug-likeness (QED) is 0.890. The summed E-state index contributed by atoms with van der Waals surface area (Å²) < 4.78 is 33.4. The van der Waals surface area contributed by atoms with Crippen LogP contribution in [0.1, 0.15) is 40.6 Å². The molecule has 1 amide bonds. The van der Waals surface area contributed by atoms with Crippen LogP contribution in [0.3, 0.4) is 0 Å². The number of ether oxygens (including phenoxy) is 1. The minimum absolute atomic E-state index is 0.0793. The number of carbonyl (C=O) groups excluding carboxylic acids is 1. The zero-order chi connectivity index (χ0) is 15.5. The summed E-state index contributed by atoms with van der Waals surface area (Å²) in [7, 11) is 0. The summed E-state index contributed by atoms with van der Waals surface area (Å²) in [5.41, 5.74) is 1.01. The van der Waals surface area contributed by atoms with E-state index in [0.717, 1.165) is 24.2 Å². The van der Waals surface area contributed by atoms with Crippen LogP contribution in [-0.4, -0.2) is 17.7 Å². The van der Waals surface area contributed by atoms with Gasteiger partial charge >= 0.3 is 6.61 Å². The van der Waals surface area contributed by atoms with Crippen LogP contribution in [0, 0.1) is 0 Å². The van der Waals surface area contributed by atoms with Gasteiger partial charge in [-0.3, -0.25) is 4.79 Å². The Labute approximate surface area is 125 Å². The number of hydrogen-bond acceptors (Lipinski definition) is 4. The largest absolute Gasteiger partial charge is 0.435 e. The molecule has 0 radical (unpaired) electrons. The lowest BCUT2D eigenvalue weighted by Gasteiger charge is -2.06. The van der Waals surface area contributed by atoms with Crippen molar-refractivity contribution in [3.8, 4) is 5.75 Å². The third-order valence-corrected chi connectivity index (χ3v) is 3.34. The second-order valence-electron chi connectivity index (χ2n) is 5.09. The van der Waals surface area contributed by atoms with Crippen molar-refractivity contribution >= 4 is 5.91 Å². The number of nitrogens with zero attached hydrogens (tertiary/aromatic N) is 1. The first kappa shape index (κ1) is 14.5. The summed E-state index contributed by atoms with van der Waals surface area (Å²) >= 11 is 0. The van der Waals surface area contributed by atoms with Gasteiger partial charge in [0.15, 0.2) is 5.69 Å². The number of halogens is 2. The Balaban J connectivity index is 1.53. The summed E-state index contributed by atoms with van der Waals surface area (Å²) in [6.45, 7) is -2.59. The maximum absolute atomic E-state index is 12.0. The van der Waals surface area contributed by atoms with Gasteiger partial charge in [-0.2, -0.15) is 8.78 Å². The molecule has 22 heavy (non-hydrogen) atoms. The number of amides is 1. The third kappa shape index (κ3) is 3.60. The molecule has 0 aliphatic heterocycles. The Morgan fingerprint density at radius 1 is 1.36 bits per heavy atom. The molecule has 1 aromatic heterocycles. The molecule has 3 rings (SSSR count). The normalized spacial score (nSPS) is 14.1. The molecule has 1 N–H and O–H groups in total. The fourth-order valence-electron chi connectivity index (χ4n) is 2.02. The highest BCUT2D eigenvalue weighted by Gasteiger charge is 2.28. The molecule has 1 aliphatic rings. The standard InChI is InChI=1S/C15H14F2N2O3/c16-15(17)21-11-5-1-9(2-6-11)8-18-14(20)12-7-13(22-19-12)10-3-4-10/h1-2,5-7,10,15H,3-4,8H2,(H,18,20). The number of nitrogens with one attached hydrogen (secondary N) is 1. The van der Waals surface area contributed by atoms with Crippen molar-refractivity contribution in [1.29, 1.82) is 0 Å². The van der Waals surface area contributed by atoms with Gasteiger partial charge in [-0.15, -0.1) is 0 Å². The highest BCUT2D eigenvalue weighted by Crippen LogP contribution is 2.40. The van der Waals surface area contributed by atoms with Crippen molar-refractivity contribution < 1.29 is 22.8 Å². The van der Waals surface area contributed by atoms with Gasteiger partial charge in [0.25, 0.3) is 5.91 Å². The summed E-state index contributed by atoms with van der Waals surface area (Å²) in [5, 5.41) is 6.44. The van der Waals surface area contributed by atoms with Crippen LogP contribution in [-0.2, 0) is 6.54 Å². The van der Waals surface area contributed by atoms with E-state index in [0.29, 0.717) is 5.92 Å². The van der Waals surface area contributed by atoms with Gasteiger partial charge in [-0.1, -0.05) is 17.3 Å². The average molecular weight is 308 g/mol. The van der Waals surface area contributed by atoms with Crippen molar-refractivity contribution in [3.63, 3.8) is 0 Å². The molecule has 2 aromatic rings. The van der Waals surface area contributed by atoms with E-state index < -0.39 is 6.61 Å². The van der Waals surface area contributed by atoms with Gasteiger partial charge < -0.3 is 14.6 Å². The zero-order valence-electron chi connectivity index (χ0n) is 11.6. The molecule has 1 fully saturated rings. The minimum Gasteiger partial charge on any atom is -0.435 e. The van der Waals surface area contributed by atoms with Gasteiger partial charge in [0, 0.05) is 18.5 Å². The molecule has 0 atom stereocenters. The molecule has 1 aliphatic carbocycles. The van der Waals surface area contributed by atoms with E-state index in [1.807, 2.05) is 0 Å². The Morgan fingerprint density at radius 2 is 2.09 bits per heavy atom. The SMILES string of the molecule is O=C(NCc1ccc(OC(F)F)cc1)c1cc(C2CC2)on1. The predicted molar refractivity (Wildman–Crippen MR) is 72.7 cm³/mol. The van der Waals surface area contributed by atoms with Crippen LogP contribution in [0.2, 0.25) is 0 Å². The van der Waals surface area contributed by atoms with Crippen molar-refractivity contribution in [2.45, 2.75) is 31.9 Å². The summed E-state index contributed by atoms with van der Waals surface area (Å²) in [4.78, 5) is 11.9. The number of aromatic nitrogens is 1.